The van der Waals surface area contributed by atoms with E-state index in [1.165, 1.54) is 56.1 Å². The molecule has 2 atom stereocenters. The van der Waals surface area contributed by atoms with Crippen LogP contribution >= 0.6 is 0 Å². The molecule has 4 rings (SSSR count). The normalized spacial score (nSPS) is 27.1. The van der Waals surface area contributed by atoms with Crippen LogP contribution in [0.25, 0.3) is 0 Å². The smallest absolute Gasteiger partial charge is 0.127 e. The molecule has 30 heavy (non-hydrogen) atoms. The van der Waals surface area contributed by atoms with Crippen molar-refractivity contribution in [2.45, 2.75) is 109 Å². The number of ether oxygens (including phenoxy) is 1. The number of benzene rings is 1. The summed E-state index contributed by atoms with van der Waals surface area (Å²) in [5.74, 6) is 2.15. The van der Waals surface area contributed by atoms with Gasteiger partial charge < -0.3 is 9.84 Å². The fourth-order valence-corrected chi connectivity index (χ4v) is 6.22. The number of phenolic OH excluding ortho intramolecular Hbond substituents is 1. The highest BCUT2D eigenvalue weighted by Gasteiger charge is 2.46. The van der Waals surface area contributed by atoms with Gasteiger partial charge in [0.15, 0.2) is 0 Å². The molecular weight excluding hydrogens is 368 g/mol. The van der Waals surface area contributed by atoms with Crippen molar-refractivity contribution in [2.75, 3.05) is 0 Å². The van der Waals surface area contributed by atoms with Gasteiger partial charge in [0.1, 0.15) is 17.1 Å². The van der Waals surface area contributed by atoms with Gasteiger partial charge in [-0.05, 0) is 70.6 Å². The second kappa shape index (κ2) is 8.44. The third-order valence-electron chi connectivity index (χ3n) is 7.99. The highest BCUT2D eigenvalue weighted by molar-refractivity contribution is 5.55. The molecule has 0 unspecified atom stereocenters. The number of aromatic hydroxyl groups is 1. The summed E-state index contributed by atoms with van der Waals surface area (Å²) in [6.45, 7) is 8.93. The Labute approximate surface area is 183 Å². The van der Waals surface area contributed by atoms with Crippen molar-refractivity contribution < 1.29 is 9.84 Å². The van der Waals surface area contributed by atoms with Crippen LogP contribution in [0.15, 0.2) is 35.9 Å². The minimum absolute atomic E-state index is 0.0469. The fourth-order valence-electron chi connectivity index (χ4n) is 6.22. The molecule has 1 aliphatic heterocycles. The van der Waals surface area contributed by atoms with Gasteiger partial charge in [0.25, 0.3) is 0 Å². The van der Waals surface area contributed by atoms with E-state index in [0.717, 1.165) is 30.6 Å². The molecule has 1 aromatic carbocycles. The second-order valence-electron chi connectivity index (χ2n) is 10.6. The summed E-state index contributed by atoms with van der Waals surface area (Å²) in [5, 5.41) is 11.3. The molecule has 164 valence electrons. The maximum absolute atomic E-state index is 11.3. The van der Waals surface area contributed by atoms with Gasteiger partial charge in [-0.3, -0.25) is 0 Å². The first-order valence-corrected chi connectivity index (χ1v) is 12.3. The van der Waals surface area contributed by atoms with Crippen molar-refractivity contribution in [1.82, 2.24) is 0 Å². The topological polar surface area (TPSA) is 29.5 Å². The largest absolute Gasteiger partial charge is 0.508 e. The molecule has 0 spiro atoms. The lowest BCUT2D eigenvalue weighted by atomic mass is 9.65. The van der Waals surface area contributed by atoms with Crippen LogP contribution < -0.4 is 4.74 Å². The third-order valence-corrected chi connectivity index (χ3v) is 7.99. The molecule has 1 saturated carbocycles. The molecule has 3 aliphatic rings. The van der Waals surface area contributed by atoms with Crippen molar-refractivity contribution in [3.05, 3.63) is 47.1 Å². The van der Waals surface area contributed by atoms with E-state index in [0.29, 0.717) is 17.6 Å². The maximum atomic E-state index is 11.3. The van der Waals surface area contributed by atoms with Crippen molar-refractivity contribution in [3.63, 3.8) is 0 Å². The number of rotatable bonds is 5. The lowest BCUT2D eigenvalue weighted by molar-refractivity contribution is 0.00740. The second-order valence-corrected chi connectivity index (χ2v) is 10.6. The van der Waals surface area contributed by atoms with Crippen LogP contribution in [0.4, 0.5) is 0 Å². The Hall–Kier alpha value is -1.70. The van der Waals surface area contributed by atoms with Gasteiger partial charge in [-0.1, -0.05) is 62.8 Å². The van der Waals surface area contributed by atoms with E-state index in [-0.39, 0.29) is 11.0 Å². The van der Waals surface area contributed by atoms with Crippen LogP contribution in [0.1, 0.15) is 109 Å². The highest BCUT2D eigenvalue weighted by Crippen LogP contribution is 2.55. The first kappa shape index (κ1) is 21.5. The SMILES string of the molecule is CCCC/C=C\C1(c2cc(O)c3c(c2)OC(C)(C)[C@@H]2CC=C(C)C[C@@H]32)CCCCC1. The maximum Gasteiger partial charge on any atom is 0.127 e. The minimum Gasteiger partial charge on any atom is -0.508 e. The van der Waals surface area contributed by atoms with Gasteiger partial charge in [-0.15, -0.1) is 0 Å². The van der Waals surface area contributed by atoms with Crippen LogP contribution in [-0.4, -0.2) is 10.7 Å². The van der Waals surface area contributed by atoms with E-state index in [1.807, 2.05) is 0 Å². The zero-order valence-electron chi connectivity index (χ0n) is 19.5. The molecule has 1 fully saturated rings. The highest BCUT2D eigenvalue weighted by atomic mass is 16.5. The number of unbranched alkanes of at least 4 members (excludes halogenated alkanes) is 2. The number of allylic oxidation sites excluding steroid dienone is 4. The van der Waals surface area contributed by atoms with Crippen LogP contribution in [0.2, 0.25) is 0 Å². The summed E-state index contributed by atoms with van der Waals surface area (Å²) in [6.07, 6.45) is 19.1. The van der Waals surface area contributed by atoms with E-state index < -0.39 is 0 Å². The molecular formula is C28H40O2. The van der Waals surface area contributed by atoms with Gasteiger partial charge >= 0.3 is 0 Å². The number of hydrogen-bond acceptors (Lipinski definition) is 2. The predicted octanol–water partition coefficient (Wildman–Crippen LogP) is 7.95. The molecule has 0 saturated heterocycles. The molecule has 0 bridgehead atoms. The first-order chi connectivity index (χ1) is 14.4. The summed E-state index contributed by atoms with van der Waals surface area (Å²) in [4.78, 5) is 0. The summed E-state index contributed by atoms with van der Waals surface area (Å²) >= 11 is 0. The van der Waals surface area contributed by atoms with E-state index in [1.54, 1.807) is 0 Å². The Morgan fingerprint density at radius 3 is 2.67 bits per heavy atom. The predicted molar refractivity (Wildman–Crippen MR) is 125 cm³/mol. The Balaban J connectivity index is 1.75. The van der Waals surface area contributed by atoms with Gasteiger partial charge in [-0.25, -0.2) is 0 Å². The monoisotopic (exact) mass is 408 g/mol. The average molecular weight is 409 g/mol. The van der Waals surface area contributed by atoms with Crippen LogP contribution in [0.5, 0.6) is 11.5 Å². The molecule has 0 aromatic heterocycles. The Bertz CT molecular complexity index is 823. The van der Waals surface area contributed by atoms with Gasteiger partial charge in [0, 0.05) is 22.8 Å². The average Bonchev–Trinajstić information content (AvgIpc) is 2.71. The summed E-state index contributed by atoms with van der Waals surface area (Å²) in [5.41, 5.74) is 3.58. The van der Waals surface area contributed by atoms with E-state index in [9.17, 15) is 5.11 Å². The Morgan fingerprint density at radius 2 is 1.93 bits per heavy atom. The van der Waals surface area contributed by atoms with Crippen molar-refractivity contribution in [3.8, 4) is 11.5 Å². The van der Waals surface area contributed by atoms with Crippen LogP contribution in [-0.2, 0) is 5.41 Å². The fraction of sp³-hybridized carbons (Fsp3) is 0.643. The number of hydrogen-bond donors (Lipinski definition) is 1. The van der Waals surface area contributed by atoms with E-state index >= 15 is 0 Å². The number of fused-ring (bicyclic) bond motifs is 3. The van der Waals surface area contributed by atoms with E-state index in [2.05, 4.69) is 58.1 Å². The van der Waals surface area contributed by atoms with Crippen LogP contribution in [0.3, 0.4) is 0 Å². The first-order valence-electron chi connectivity index (χ1n) is 12.3. The Morgan fingerprint density at radius 1 is 1.17 bits per heavy atom. The zero-order valence-corrected chi connectivity index (χ0v) is 19.5. The van der Waals surface area contributed by atoms with Gasteiger partial charge in [0.2, 0.25) is 0 Å². The lowest BCUT2D eigenvalue weighted by Crippen LogP contribution is -2.45. The van der Waals surface area contributed by atoms with Crippen molar-refractivity contribution in [1.29, 1.82) is 0 Å². The standard InChI is InChI=1S/C28H40O2/c1-5-6-7-9-14-28(15-10-8-11-16-28)21-18-24(29)26-22-17-20(2)12-13-23(22)27(3,4)30-25(26)19-21/h9,12,14,18-19,22-23,29H,5-8,10-11,13,15-17H2,1-4H3/b14-9-/t22-,23-/m1/s1. The lowest BCUT2D eigenvalue weighted by Gasteiger charge is -2.47. The van der Waals surface area contributed by atoms with Crippen LogP contribution in [0, 0.1) is 5.92 Å². The van der Waals surface area contributed by atoms with Gasteiger partial charge in [-0.2, -0.15) is 0 Å². The summed E-state index contributed by atoms with van der Waals surface area (Å²) in [6, 6.07) is 4.37. The zero-order chi connectivity index (χ0) is 21.4. The molecule has 2 nitrogen and oxygen atoms in total. The molecule has 2 aliphatic carbocycles. The third kappa shape index (κ3) is 3.95. The van der Waals surface area contributed by atoms with Crippen molar-refractivity contribution >= 4 is 0 Å². The Kier molecular flexibility index (Phi) is 6.06. The van der Waals surface area contributed by atoms with Gasteiger partial charge in [0.05, 0.1) is 0 Å². The molecule has 2 heteroatoms. The molecule has 1 N–H and O–H groups in total. The summed E-state index contributed by atoms with van der Waals surface area (Å²) in [7, 11) is 0. The molecule has 0 radical (unpaired) electrons. The minimum atomic E-state index is -0.212. The molecule has 1 heterocycles. The number of phenols is 1. The quantitative estimate of drug-likeness (QED) is 0.395. The van der Waals surface area contributed by atoms with Crippen molar-refractivity contribution in [2.24, 2.45) is 5.92 Å². The summed E-state index contributed by atoms with van der Waals surface area (Å²) < 4.78 is 6.61. The molecule has 0 amide bonds. The molecule has 1 aromatic rings. The van der Waals surface area contributed by atoms with E-state index in [4.69, 9.17) is 4.74 Å².